The lowest BCUT2D eigenvalue weighted by atomic mass is 10.0. The Morgan fingerprint density at radius 2 is 2.08 bits per heavy atom. The number of oxime groups is 1. The van der Waals surface area contributed by atoms with Crippen LogP contribution < -0.4 is 21.4 Å². The van der Waals surface area contributed by atoms with Gasteiger partial charge in [-0.25, -0.2) is 9.78 Å². The van der Waals surface area contributed by atoms with Gasteiger partial charge in [0.05, 0.1) is 10.9 Å². The monoisotopic (exact) mass is 568 g/mol. The number of carboxylic acids is 1. The molecule has 3 amide bonds. The third kappa shape index (κ3) is 4.66. The molecule has 5 rings (SSSR count). The Kier molecular flexibility index (Phi) is 6.93. The first-order chi connectivity index (χ1) is 18.7. The van der Waals surface area contributed by atoms with Crippen molar-refractivity contribution in [3.05, 3.63) is 64.4 Å². The third-order valence-corrected chi connectivity index (χ3v) is 8.26. The molecule has 1 aromatic carbocycles. The van der Waals surface area contributed by atoms with Crippen LogP contribution in [0.3, 0.4) is 0 Å². The Morgan fingerprint density at radius 3 is 2.74 bits per heavy atom. The van der Waals surface area contributed by atoms with Gasteiger partial charge < -0.3 is 26.7 Å². The Hall–Kier alpha value is -4.50. The van der Waals surface area contributed by atoms with Crippen LogP contribution in [0.4, 0.5) is 5.13 Å². The Bertz CT molecular complexity index is 1600. The van der Waals surface area contributed by atoms with Crippen molar-refractivity contribution in [2.75, 3.05) is 18.6 Å². The second kappa shape index (κ2) is 10.3. The van der Waals surface area contributed by atoms with Crippen molar-refractivity contribution >= 4 is 68.5 Å². The maximum atomic E-state index is 13.1. The number of nitrogens with one attached hydrogen (secondary N) is 1. The first-order valence-electron chi connectivity index (χ1n) is 11.5. The van der Waals surface area contributed by atoms with Crippen LogP contribution in [0.25, 0.3) is 10.9 Å². The lowest BCUT2D eigenvalue weighted by Gasteiger charge is -2.49. The summed E-state index contributed by atoms with van der Waals surface area (Å²) in [5.74, 6) is -2.81. The molecule has 39 heavy (non-hydrogen) atoms. The minimum Gasteiger partial charge on any atom is -0.477 e. The minimum absolute atomic E-state index is 0.136. The smallest absolute Gasteiger partial charge is 0.352 e. The van der Waals surface area contributed by atoms with Crippen molar-refractivity contribution < 1.29 is 33.7 Å². The number of aliphatic carboxylic acids is 1. The predicted molar refractivity (Wildman–Crippen MR) is 142 cm³/mol. The van der Waals surface area contributed by atoms with Gasteiger partial charge in [-0.1, -0.05) is 17.3 Å². The van der Waals surface area contributed by atoms with E-state index in [2.05, 4.69) is 15.5 Å². The van der Waals surface area contributed by atoms with Gasteiger partial charge in [-0.05, 0) is 6.07 Å². The zero-order valence-corrected chi connectivity index (χ0v) is 22.0. The maximum absolute atomic E-state index is 13.1. The number of amides is 3. The maximum Gasteiger partial charge on any atom is 0.352 e. The number of fused-ring (bicyclic) bond motifs is 2. The van der Waals surface area contributed by atoms with Gasteiger partial charge in [0.2, 0.25) is 11.4 Å². The Labute approximate surface area is 229 Å². The molecular weight excluding hydrogens is 546 g/mol. The first kappa shape index (κ1) is 26.1. The highest BCUT2D eigenvalue weighted by molar-refractivity contribution is 8.00. The molecule has 1 fully saturated rings. The molecule has 6 N–H and O–H groups in total. The minimum atomic E-state index is -1.26. The quantitative estimate of drug-likeness (QED) is 0.126. The summed E-state index contributed by atoms with van der Waals surface area (Å²) in [6.45, 7) is 0.164. The largest absolute Gasteiger partial charge is 0.477 e. The number of thioether (sulfide) groups is 1. The van der Waals surface area contributed by atoms with Crippen LogP contribution in [0.5, 0.6) is 0 Å². The van der Waals surface area contributed by atoms with E-state index in [1.54, 1.807) is 41.1 Å². The van der Waals surface area contributed by atoms with Gasteiger partial charge in [-0.3, -0.25) is 19.3 Å². The molecule has 1 saturated heterocycles. The average molecular weight is 569 g/mol. The van der Waals surface area contributed by atoms with E-state index in [1.165, 1.54) is 29.2 Å². The van der Waals surface area contributed by atoms with Crippen LogP contribution in [0.15, 0.2) is 58.3 Å². The van der Waals surface area contributed by atoms with Gasteiger partial charge in [0.15, 0.2) is 23.6 Å². The number of carbonyl (C=O) groups is 4. The summed E-state index contributed by atoms with van der Waals surface area (Å²) in [6, 6.07) is 7.75. The number of benzene rings is 1. The highest BCUT2D eigenvalue weighted by Crippen LogP contribution is 2.40. The number of carbonyl (C=O) groups excluding carboxylic acids is 3. The van der Waals surface area contributed by atoms with Crippen LogP contribution in [-0.4, -0.2) is 68.7 Å². The molecule has 4 heterocycles. The number of primary amides is 1. The number of para-hydroxylation sites is 1. The summed E-state index contributed by atoms with van der Waals surface area (Å²) < 4.78 is 1.80. The van der Waals surface area contributed by atoms with E-state index in [-0.39, 0.29) is 28.8 Å². The van der Waals surface area contributed by atoms with Crippen LogP contribution in [0, 0.1) is 0 Å². The normalized spacial score (nSPS) is 18.9. The first-order valence-corrected chi connectivity index (χ1v) is 13.4. The summed E-state index contributed by atoms with van der Waals surface area (Å²) in [5.41, 5.74) is 12.6. The van der Waals surface area contributed by atoms with Crippen LogP contribution in [0.2, 0.25) is 0 Å². The Morgan fingerprint density at radius 1 is 1.31 bits per heavy atom. The van der Waals surface area contributed by atoms with E-state index in [0.29, 0.717) is 27.8 Å². The fraction of sp³-hybridized carbons (Fsp3) is 0.208. The summed E-state index contributed by atoms with van der Waals surface area (Å²) in [7, 11) is 1.27. The number of nitrogens with two attached hydrogens (primary N) is 2. The number of rotatable bonds is 8. The van der Waals surface area contributed by atoms with E-state index in [4.69, 9.17) is 16.3 Å². The molecule has 2 aliphatic rings. The van der Waals surface area contributed by atoms with E-state index < -0.39 is 35.1 Å². The molecule has 0 bridgehead atoms. The van der Waals surface area contributed by atoms with Gasteiger partial charge in [0.25, 0.3) is 11.8 Å². The predicted octanol–water partition coefficient (Wildman–Crippen LogP) is 0.0542. The van der Waals surface area contributed by atoms with Crippen LogP contribution in [0.1, 0.15) is 16.1 Å². The third-order valence-electron chi connectivity index (χ3n) is 6.25. The van der Waals surface area contributed by atoms with Crippen molar-refractivity contribution in [1.29, 1.82) is 0 Å². The summed E-state index contributed by atoms with van der Waals surface area (Å²) in [6.07, 6.45) is 1.66. The molecule has 200 valence electrons. The topological polar surface area (TPSA) is 194 Å². The summed E-state index contributed by atoms with van der Waals surface area (Å²) in [4.78, 5) is 60.3. The molecule has 0 radical (unpaired) electrons. The SMILES string of the molecule is CO/N=C(\C(=O)NC1C(=O)N2C(C(=O)O)=C(C[n+]3ccc(C(N)=O)c4ccccc43)CS[C@H]12)c1csc(N)n1. The number of β-lactam (4-membered cyclic amide) rings is 1. The number of hydrogen-bond donors (Lipinski definition) is 4. The molecule has 2 aliphatic heterocycles. The summed E-state index contributed by atoms with van der Waals surface area (Å²) in [5, 5.41) is 18.2. The van der Waals surface area contributed by atoms with Crippen LogP contribution in [-0.2, 0) is 25.8 Å². The number of pyridine rings is 1. The second-order valence-electron chi connectivity index (χ2n) is 8.55. The molecular formula is C24H22N7O6S2+. The highest BCUT2D eigenvalue weighted by Gasteiger charge is 2.55. The van der Waals surface area contributed by atoms with E-state index in [9.17, 15) is 24.3 Å². The molecule has 1 unspecified atom stereocenters. The van der Waals surface area contributed by atoms with Crippen molar-refractivity contribution in [2.24, 2.45) is 10.9 Å². The fourth-order valence-corrected chi connectivity index (χ4v) is 6.43. The zero-order valence-electron chi connectivity index (χ0n) is 20.4. The number of thiazole rings is 1. The van der Waals surface area contributed by atoms with Crippen molar-refractivity contribution in [3.63, 3.8) is 0 Å². The molecule has 2 atom stereocenters. The van der Waals surface area contributed by atoms with E-state index >= 15 is 0 Å². The molecule has 0 spiro atoms. The number of aromatic nitrogens is 2. The molecule has 3 aromatic rings. The van der Waals surface area contributed by atoms with Crippen molar-refractivity contribution in [1.82, 2.24) is 15.2 Å². The fourth-order valence-electron chi connectivity index (χ4n) is 4.55. The lowest BCUT2D eigenvalue weighted by Crippen LogP contribution is -2.71. The lowest BCUT2D eigenvalue weighted by molar-refractivity contribution is -0.663. The molecule has 2 aromatic heterocycles. The Balaban J connectivity index is 1.41. The molecule has 0 saturated carbocycles. The van der Waals surface area contributed by atoms with E-state index in [0.717, 1.165) is 11.3 Å². The van der Waals surface area contributed by atoms with Crippen molar-refractivity contribution in [2.45, 2.75) is 18.0 Å². The number of hydrogen-bond acceptors (Lipinski definition) is 10. The number of nitrogen functional groups attached to an aromatic ring is 1. The van der Waals surface area contributed by atoms with Crippen LogP contribution >= 0.6 is 23.1 Å². The molecule has 13 nitrogen and oxygen atoms in total. The number of carboxylic acid groups (broad SMARTS) is 1. The van der Waals surface area contributed by atoms with Gasteiger partial charge in [-0.15, -0.1) is 23.1 Å². The standard InChI is InChI=1S/C24H21N7O6S2/c1-37-29-16(14-10-39-24(26)27-14)20(33)28-17-21(34)31-18(23(35)36)11(9-38-22(17)31)8-30-7-6-13(19(25)32)12-4-2-3-5-15(12)30/h2-7,10,17,22H,8-9H2,1H3,(H5-,25,26,27,28,32,33,35,36)/p+1/b29-16-/t17?,22-/m1/s1. The van der Waals surface area contributed by atoms with Gasteiger partial charge in [0, 0.05) is 28.8 Å². The molecule has 15 heteroatoms. The van der Waals surface area contributed by atoms with Gasteiger partial charge in [0.1, 0.15) is 29.9 Å². The highest BCUT2D eigenvalue weighted by atomic mass is 32.2. The molecule has 0 aliphatic carbocycles. The van der Waals surface area contributed by atoms with Gasteiger partial charge in [-0.2, -0.15) is 4.57 Å². The average Bonchev–Trinajstić information content (AvgIpc) is 3.35. The van der Waals surface area contributed by atoms with Gasteiger partial charge >= 0.3 is 5.97 Å². The van der Waals surface area contributed by atoms with E-state index in [1.807, 2.05) is 0 Å². The number of anilines is 1. The second-order valence-corrected chi connectivity index (χ2v) is 10.5. The van der Waals surface area contributed by atoms with Crippen molar-refractivity contribution in [3.8, 4) is 0 Å². The summed E-state index contributed by atoms with van der Waals surface area (Å²) >= 11 is 2.45. The zero-order chi connectivity index (χ0) is 27.8. The number of nitrogens with zero attached hydrogens (tertiary/aromatic N) is 4.